The third-order valence-electron chi connectivity index (χ3n) is 5.22. The van der Waals surface area contributed by atoms with Gasteiger partial charge >= 0.3 is 23.9 Å². The van der Waals surface area contributed by atoms with Gasteiger partial charge in [-0.05, 0) is 22.4 Å². The summed E-state index contributed by atoms with van der Waals surface area (Å²) in [5, 5.41) is 1.95. The molecule has 3 aromatic rings. The summed E-state index contributed by atoms with van der Waals surface area (Å²) in [5.74, 6) is -4.86. The summed E-state index contributed by atoms with van der Waals surface area (Å²) in [4.78, 5) is 59.1. The highest BCUT2D eigenvalue weighted by Crippen LogP contribution is 2.27. The number of carbonyl (C=O) groups excluding carboxylic acids is 5. The summed E-state index contributed by atoms with van der Waals surface area (Å²) in [6.45, 7) is -0.461. The molecule has 3 aromatic carbocycles. The monoisotopic (exact) mass is 492 g/mol. The smallest absolute Gasteiger partial charge is 0.420 e. The fourth-order valence-corrected chi connectivity index (χ4v) is 3.43. The van der Waals surface area contributed by atoms with Crippen LogP contribution in [0, 0.1) is 0 Å². The van der Waals surface area contributed by atoms with Gasteiger partial charge in [-0.15, -0.1) is 0 Å². The molecule has 0 saturated carbocycles. The molecule has 9 nitrogen and oxygen atoms in total. The van der Waals surface area contributed by atoms with Crippen molar-refractivity contribution in [3.05, 3.63) is 83.9 Å². The van der Waals surface area contributed by atoms with Crippen LogP contribution < -0.4 is 0 Å². The van der Waals surface area contributed by atoms with Gasteiger partial charge in [0.1, 0.15) is 0 Å². The van der Waals surface area contributed by atoms with Gasteiger partial charge in [-0.3, -0.25) is 14.4 Å². The second kappa shape index (κ2) is 12.8. The fraction of sp³-hybridized carbons (Fsp3) is 0.222. The minimum Gasteiger partial charge on any atom is -0.428 e. The molecule has 3 rings (SSSR count). The van der Waals surface area contributed by atoms with Crippen LogP contribution >= 0.6 is 0 Å². The van der Waals surface area contributed by atoms with Crippen LogP contribution in [-0.2, 0) is 38.1 Å². The first-order valence-electron chi connectivity index (χ1n) is 11.0. The molecule has 0 radical (unpaired) electrons. The average Bonchev–Trinajstić information content (AvgIpc) is 2.88. The average molecular weight is 492 g/mol. The van der Waals surface area contributed by atoms with Crippen molar-refractivity contribution in [1.82, 2.24) is 0 Å². The first kappa shape index (κ1) is 26.1. The predicted molar refractivity (Wildman–Crippen MR) is 126 cm³/mol. The van der Waals surface area contributed by atoms with Gasteiger partial charge < -0.3 is 18.9 Å². The molecule has 186 valence electrons. The van der Waals surface area contributed by atoms with Gasteiger partial charge in [0.05, 0.1) is 6.42 Å². The maximum Gasteiger partial charge on any atom is 0.420 e. The van der Waals surface area contributed by atoms with Gasteiger partial charge in [0, 0.05) is 24.8 Å². The lowest BCUT2D eigenvalue weighted by atomic mass is 9.88. The Kier molecular flexibility index (Phi) is 9.27. The van der Waals surface area contributed by atoms with Crippen molar-refractivity contribution < 1.29 is 42.9 Å². The topological polar surface area (TPSA) is 122 Å². The van der Waals surface area contributed by atoms with Gasteiger partial charge in [0.2, 0.25) is 13.6 Å². The number of ether oxygens (including phenoxy) is 4. The second-order valence-corrected chi connectivity index (χ2v) is 7.75. The zero-order valence-corrected chi connectivity index (χ0v) is 19.5. The first-order valence-corrected chi connectivity index (χ1v) is 11.0. The Morgan fingerprint density at radius 1 is 0.667 bits per heavy atom. The van der Waals surface area contributed by atoms with E-state index in [0.717, 1.165) is 23.3 Å². The molecule has 0 N–H and O–H groups in total. The minimum absolute atomic E-state index is 0.0553. The largest absolute Gasteiger partial charge is 0.428 e. The second-order valence-electron chi connectivity index (χ2n) is 7.75. The van der Waals surface area contributed by atoms with Crippen molar-refractivity contribution in [1.29, 1.82) is 0 Å². The zero-order valence-electron chi connectivity index (χ0n) is 19.5. The lowest BCUT2D eigenvalue weighted by Gasteiger charge is -2.16. The maximum atomic E-state index is 13.1. The predicted octanol–water partition coefficient (Wildman–Crippen LogP) is 3.69. The standard InChI is InChI=1S/C27H24O9/c1-18(28)33-16-35-26(31)27(32)36-17-34-25(30)15-23(19-7-3-2-4-8-19)14-24(29)22-12-11-20-9-5-6-10-21(20)13-22/h2-13,23H,14-17H2,1H3. The van der Waals surface area contributed by atoms with Crippen molar-refractivity contribution in [3.8, 4) is 0 Å². The summed E-state index contributed by atoms with van der Waals surface area (Å²) >= 11 is 0. The number of hydrogen-bond donors (Lipinski definition) is 0. The lowest BCUT2D eigenvalue weighted by Crippen LogP contribution is -2.24. The number of rotatable bonds is 10. The third kappa shape index (κ3) is 7.76. The molecule has 0 fully saturated rings. The molecule has 0 amide bonds. The van der Waals surface area contributed by atoms with E-state index in [1.807, 2.05) is 54.6 Å². The van der Waals surface area contributed by atoms with Crippen molar-refractivity contribution in [2.75, 3.05) is 13.6 Å². The quantitative estimate of drug-likeness (QED) is 0.180. The van der Waals surface area contributed by atoms with Crippen molar-refractivity contribution in [2.24, 2.45) is 0 Å². The van der Waals surface area contributed by atoms with E-state index >= 15 is 0 Å². The number of ketones is 1. The molecule has 0 saturated heterocycles. The summed E-state index contributed by atoms with van der Waals surface area (Å²) in [6.07, 6.45) is -0.0997. The van der Waals surface area contributed by atoms with E-state index < -0.39 is 43.4 Å². The van der Waals surface area contributed by atoms with E-state index in [2.05, 4.69) is 14.2 Å². The van der Waals surface area contributed by atoms with Crippen LogP contribution in [0.15, 0.2) is 72.8 Å². The Morgan fingerprint density at radius 3 is 1.94 bits per heavy atom. The minimum atomic E-state index is -1.42. The van der Waals surface area contributed by atoms with Crippen LogP contribution in [0.25, 0.3) is 10.8 Å². The van der Waals surface area contributed by atoms with E-state index in [4.69, 9.17) is 4.74 Å². The Balaban J connectivity index is 1.57. The van der Waals surface area contributed by atoms with E-state index in [0.29, 0.717) is 5.56 Å². The molecule has 0 bridgehead atoms. The van der Waals surface area contributed by atoms with Crippen LogP contribution in [0.4, 0.5) is 0 Å². The fourth-order valence-electron chi connectivity index (χ4n) is 3.43. The SMILES string of the molecule is CC(=O)OCOC(=O)C(=O)OCOC(=O)CC(CC(=O)c1ccc2ccccc2c1)c1ccccc1. The number of carbonyl (C=O) groups is 5. The normalized spacial score (nSPS) is 11.2. The molecule has 0 spiro atoms. The highest BCUT2D eigenvalue weighted by atomic mass is 16.7. The molecule has 1 atom stereocenters. The van der Waals surface area contributed by atoms with Crippen LogP contribution in [0.2, 0.25) is 0 Å². The van der Waals surface area contributed by atoms with Gasteiger partial charge in [-0.1, -0.05) is 66.7 Å². The van der Waals surface area contributed by atoms with E-state index in [9.17, 15) is 24.0 Å². The summed E-state index contributed by atoms with van der Waals surface area (Å²) in [5.41, 5.74) is 1.30. The highest BCUT2D eigenvalue weighted by molar-refractivity contribution is 6.29. The number of hydrogen-bond acceptors (Lipinski definition) is 9. The molecule has 9 heteroatoms. The highest BCUT2D eigenvalue weighted by Gasteiger charge is 2.23. The Hall–Kier alpha value is -4.53. The number of benzene rings is 3. The van der Waals surface area contributed by atoms with Gasteiger partial charge in [0.15, 0.2) is 5.78 Å². The summed E-state index contributed by atoms with van der Waals surface area (Å²) < 4.78 is 18.2. The molecule has 0 aliphatic carbocycles. The van der Waals surface area contributed by atoms with E-state index in [1.54, 1.807) is 18.2 Å². The Labute approximate surface area is 206 Å². The van der Waals surface area contributed by atoms with E-state index in [-0.39, 0.29) is 18.6 Å². The number of fused-ring (bicyclic) bond motifs is 1. The van der Waals surface area contributed by atoms with Gasteiger partial charge in [-0.25, -0.2) is 9.59 Å². The van der Waals surface area contributed by atoms with Gasteiger partial charge in [0.25, 0.3) is 0 Å². The zero-order chi connectivity index (χ0) is 25.9. The molecule has 0 heterocycles. The summed E-state index contributed by atoms with van der Waals surface area (Å²) in [6, 6.07) is 22.2. The molecule has 0 aromatic heterocycles. The van der Waals surface area contributed by atoms with Gasteiger partial charge in [-0.2, -0.15) is 0 Å². The molecule has 0 aliphatic rings. The lowest BCUT2D eigenvalue weighted by molar-refractivity contribution is -0.185. The van der Waals surface area contributed by atoms with Crippen LogP contribution in [0.1, 0.15) is 41.6 Å². The molecule has 1 unspecified atom stereocenters. The number of esters is 4. The van der Waals surface area contributed by atoms with Crippen LogP contribution in [0.5, 0.6) is 0 Å². The molecule has 36 heavy (non-hydrogen) atoms. The van der Waals surface area contributed by atoms with Crippen molar-refractivity contribution in [2.45, 2.75) is 25.7 Å². The van der Waals surface area contributed by atoms with Crippen LogP contribution in [-0.4, -0.2) is 43.2 Å². The molecular formula is C27H24O9. The molecular weight excluding hydrogens is 468 g/mol. The molecule has 0 aliphatic heterocycles. The summed E-state index contributed by atoms with van der Waals surface area (Å²) in [7, 11) is 0. The Morgan fingerprint density at radius 2 is 1.28 bits per heavy atom. The van der Waals surface area contributed by atoms with E-state index in [1.165, 1.54) is 0 Å². The Bertz CT molecular complexity index is 1250. The first-order chi connectivity index (χ1) is 17.3. The third-order valence-corrected chi connectivity index (χ3v) is 5.22. The van der Waals surface area contributed by atoms with Crippen LogP contribution in [0.3, 0.4) is 0 Å². The number of Topliss-reactive ketones (excluding diaryl/α,β-unsaturated/α-hetero) is 1. The van der Waals surface area contributed by atoms with Crippen molar-refractivity contribution >= 4 is 40.4 Å². The maximum absolute atomic E-state index is 13.1. The van der Waals surface area contributed by atoms with Crippen molar-refractivity contribution in [3.63, 3.8) is 0 Å².